The molecule has 5 atom stereocenters. The maximum Gasteiger partial charge on any atom is 0.293 e. The number of aliphatic hydroxyl groups excluding tert-OH is 1. The number of aliphatic hydroxyl groups is 1. The smallest absolute Gasteiger partial charge is 0.293 e. The van der Waals surface area contributed by atoms with Crippen LogP contribution in [0.25, 0.3) is 0 Å². The minimum Gasteiger partial charge on any atom is -0.458 e. The number of nitrogens with one attached hydrogen (secondary N) is 1. The molecule has 1 fully saturated rings. The maximum atomic E-state index is 12.2. The fraction of sp³-hybridized carbons (Fsp3) is 0.733. The fourth-order valence-electron chi connectivity index (χ4n) is 3.47. The van der Waals surface area contributed by atoms with Gasteiger partial charge in [-0.2, -0.15) is 12.6 Å². The average Bonchev–Trinajstić information content (AvgIpc) is 2.73. The number of amides is 1. The monoisotopic (exact) mass is 313 g/mol. The molecule has 118 valence electrons. The molecule has 5 nitrogen and oxygen atoms in total. The van der Waals surface area contributed by atoms with Crippen LogP contribution in [-0.4, -0.2) is 41.0 Å². The van der Waals surface area contributed by atoms with E-state index < -0.39 is 23.7 Å². The molecule has 0 aromatic heterocycles. The molecular weight excluding hydrogens is 290 g/mol. The minimum absolute atomic E-state index is 0.0200. The summed E-state index contributed by atoms with van der Waals surface area (Å²) in [6.07, 6.45) is 6.70. The van der Waals surface area contributed by atoms with Crippen LogP contribution in [0.4, 0.5) is 0 Å². The highest BCUT2D eigenvalue weighted by Crippen LogP contribution is 2.38. The quantitative estimate of drug-likeness (QED) is 0.389. The fourth-order valence-corrected chi connectivity index (χ4v) is 3.73. The molecule has 6 heteroatoms. The van der Waals surface area contributed by atoms with Crippen molar-refractivity contribution in [3.8, 4) is 0 Å². The lowest BCUT2D eigenvalue weighted by atomic mass is 9.78. The number of rotatable bonds is 6. The highest BCUT2D eigenvalue weighted by Gasteiger charge is 2.56. The van der Waals surface area contributed by atoms with Crippen LogP contribution in [0, 0.1) is 11.8 Å². The van der Waals surface area contributed by atoms with E-state index in [0.29, 0.717) is 18.6 Å². The molecule has 2 N–H and O–H groups in total. The van der Waals surface area contributed by atoms with Crippen molar-refractivity contribution < 1.29 is 19.4 Å². The van der Waals surface area contributed by atoms with Crippen LogP contribution in [-0.2, 0) is 14.3 Å². The first-order chi connectivity index (χ1) is 10.0. The minimum atomic E-state index is -1.04. The summed E-state index contributed by atoms with van der Waals surface area (Å²) in [6, 6.07) is -0.590. The summed E-state index contributed by atoms with van der Waals surface area (Å²) in [5, 5.41) is 13.5. The summed E-state index contributed by atoms with van der Waals surface area (Å²) in [5.74, 6) is -0.166. The van der Waals surface area contributed by atoms with E-state index in [9.17, 15) is 14.7 Å². The Morgan fingerprint density at radius 3 is 3.00 bits per heavy atom. The highest BCUT2D eigenvalue weighted by atomic mass is 32.1. The molecule has 1 heterocycles. The van der Waals surface area contributed by atoms with Gasteiger partial charge in [0.25, 0.3) is 6.47 Å². The first-order valence-electron chi connectivity index (χ1n) is 7.42. The van der Waals surface area contributed by atoms with E-state index in [4.69, 9.17) is 4.74 Å². The first kappa shape index (κ1) is 16.4. The predicted octanol–water partition coefficient (Wildman–Crippen LogP) is 1.07. The molecule has 0 spiro atoms. The second kappa shape index (κ2) is 6.83. The van der Waals surface area contributed by atoms with Gasteiger partial charge in [-0.15, -0.1) is 0 Å². The molecule has 0 bridgehead atoms. The van der Waals surface area contributed by atoms with Crippen molar-refractivity contribution in [3.05, 3.63) is 12.2 Å². The lowest BCUT2D eigenvalue weighted by molar-refractivity contribution is -0.152. The number of hydrogen-bond acceptors (Lipinski definition) is 5. The molecule has 0 unspecified atom stereocenters. The molecule has 0 saturated carbocycles. The first-order valence-corrected chi connectivity index (χ1v) is 8.05. The van der Waals surface area contributed by atoms with Crippen molar-refractivity contribution in [1.29, 1.82) is 0 Å². The van der Waals surface area contributed by atoms with Crippen LogP contribution in [0.15, 0.2) is 12.2 Å². The lowest BCUT2D eigenvalue weighted by Crippen LogP contribution is -2.54. The SMILES string of the molecule is C[C@@]1(OC=O)[C@@H]([C@@H](O)[C@@H]2C=CCCC2)NC(=O)[C@@H]1CCS. The molecule has 1 saturated heterocycles. The Labute approximate surface area is 130 Å². The van der Waals surface area contributed by atoms with E-state index in [1.54, 1.807) is 6.92 Å². The van der Waals surface area contributed by atoms with Gasteiger partial charge in [0, 0.05) is 5.92 Å². The number of ether oxygens (including phenoxy) is 1. The van der Waals surface area contributed by atoms with E-state index in [2.05, 4.69) is 24.0 Å². The second-order valence-corrected chi connectivity index (χ2v) is 6.41. The Hall–Kier alpha value is -1.01. The van der Waals surface area contributed by atoms with Crippen molar-refractivity contribution in [3.63, 3.8) is 0 Å². The van der Waals surface area contributed by atoms with Crippen molar-refractivity contribution in [1.82, 2.24) is 5.32 Å². The zero-order valence-electron chi connectivity index (χ0n) is 12.2. The largest absolute Gasteiger partial charge is 0.458 e. The van der Waals surface area contributed by atoms with E-state index in [0.717, 1.165) is 19.3 Å². The van der Waals surface area contributed by atoms with Gasteiger partial charge < -0.3 is 15.2 Å². The zero-order valence-corrected chi connectivity index (χ0v) is 13.1. The third-order valence-corrected chi connectivity index (χ3v) is 4.97. The zero-order chi connectivity index (χ0) is 15.5. The van der Waals surface area contributed by atoms with Crippen LogP contribution in [0.1, 0.15) is 32.6 Å². The number of carbonyl (C=O) groups excluding carboxylic acids is 2. The maximum absolute atomic E-state index is 12.2. The van der Waals surface area contributed by atoms with Crippen molar-refractivity contribution in [2.24, 2.45) is 11.8 Å². The van der Waals surface area contributed by atoms with Crippen LogP contribution in [0.5, 0.6) is 0 Å². The topological polar surface area (TPSA) is 75.6 Å². The number of hydrogen-bond donors (Lipinski definition) is 3. The van der Waals surface area contributed by atoms with Gasteiger partial charge in [-0.1, -0.05) is 12.2 Å². The molecule has 21 heavy (non-hydrogen) atoms. The van der Waals surface area contributed by atoms with Gasteiger partial charge in [0.2, 0.25) is 5.91 Å². The third kappa shape index (κ3) is 3.11. The van der Waals surface area contributed by atoms with E-state index >= 15 is 0 Å². The standard InChI is InChI=1S/C15H23NO4S/c1-15(20-9-17)11(7-8-21)14(19)16-13(15)12(18)10-5-3-2-4-6-10/h3,5,9-13,18,21H,2,4,6-8H2,1H3,(H,16,19)/t10-,11+,12+,13-,15+/m1/s1. The summed E-state index contributed by atoms with van der Waals surface area (Å²) in [6.45, 7) is 2.08. The Balaban J connectivity index is 2.23. The normalized spacial score (nSPS) is 37.1. The summed E-state index contributed by atoms with van der Waals surface area (Å²) < 4.78 is 5.27. The number of allylic oxidation sites excluding steroid dienone is 1. The van der Waals surface area contributed by atoms with Crippen molar-refractivity contribution in [2.45, 2.75) is 50.4 Å². The van der Waals surface area contributed by atoms with Crippen LogP contribution < -0.4 is 5.32 Å². The molecule has 0 radical (unpaired) electrons. The van der Waals surface area contributed by atoms with Gasteiger partial charge in [0.1, 0.15) is 5.60 Å². The molecule has 2 rings (SSSR count). The van der Waals surface area contributed by atoms with Gasteiger partial charge in [-0.3, -0.25) is 9.59 Å². The Bertz CT molecular complexity index is 428. The van der Waals surface area contributed by atoms with E-state index in [1.165, 1.54) is 0 Å². The molecule has 1 amide bonds. The lowest BCUT2D eigenvalue weighted by Gasteiger charge is -2.37. The van der Waals surface area contributed by atoms with Crippen LogP contribution in [0.3, 0.4) is 0 Å². The Kier molecular flexibility index (Phi) is 5.32. The molecule has 0 aromatic carbocycles. The molecule has 1 aliphatic heterocycles. The summed E-state index contributed by atoms with van der Waals surface area (Å²) >= 11 is 4.17. The molecule has 2 aliphatic rings. The van der Waals surface area contributed by atoms with E-state index in [-0.39, 0.29) is 11.8 Å². The Morgan fingerprint density at radius 2 is 2.43 bits per heavy atom. The average molecular weight is 313 g/mol. The number of thiol groups is 1. The molecular formula is C15H23NO4S. The van der Waals surface area contributed by atoms with Gasteiger partial charge >= 0.3 is 0 Å². The predicted molar refractivity (Wildman–Crippen MR) is 81.9 cm³/mol. The van der Waals surface area contributed by atoms with Gasteiger partial charge in [0.15, 0.2) is 0 Å². The third-order valence-electron chi connectivity index (χ3n) is 4.72. The summed E-state index contributed by atoms with van der Waals surface area (Å²) in [7, 11) is 0. The van der Waals surface area contributed by atoms with Crippen molar-refractivity contribution in [2.75, 3.05) is 5.75 Å². The summed E-state index contributed by atoms with van der Waals surface area (Å²) in [5.41, 5.74) is -1.04. The Morgan fingerprint density at radius 1 is 1.67 bits per heavy atom. The number of carbonyl (C=O) groups is 2. The van der Waals surface area contributed by atoms with Crippen LogP contribution in [0.2, 0.25) is 0 Å². The van der Waals surface area contributed by atoms with Crippen molar-refractivity contribution >= 4 is 25.0 Å². The van der Waals surface area contributed by atoms with Gasteiger partial charge in [0.05, 0.1) is 18.1 Å². The van der Waals surface area contributed by atoms with Gasteiger partial charge in [-0.05, 0) is 38.4 Å². The van der Waals surface area contributed by atoms with E-state index in [1.807, 2.05) is 6.08 Å². The molecule has 1 aliphatic carbocycles. The highest BCUT2D eigenvalue weighted by molar-refractivity contribution is 7.80. The second-order valence-electron chi connectivity index (χ2n) is 5.96. The molecule has 0 aromatic rings. The summed E-state index contributed by atoms with van der Waals surface area (Å²) in [4.78, 5) is 23.1. The van der Waals surface area contributed by atoms with Gasteiger partial charge in [-0.25, -0.2) is 0 Å². The van der Waals surface area contributed by atoms with Crippen LogP contribution >= 0.6 is 12.6 Å².